The molecule has 0 radical (unpaired) electrons. The first kappa shape index (κ1) is 22.8. The van der Waals surface area contributed by atoms with Crippen LogP contribution in [0.2, 0.25) is 10.0 Å². The van der Waals surface area contributed by atoms with Gasteiger partial charge in [0.2, 0.25) is 11.9 Å². The molecule has 0 aliphatic carbocycles. The average Bonchev–Trinajstić information content (AvgIpc) is 3.19. The summed E-state index contributed by atoms with van der Waals surface area (Å²) >= 11 is 13.3. The quantitative estimate of drug-likeness (QED) is 0.515. The molecule has 3 aromatic rings. The van der Waals surface area contributed by atoms with Crippen LogP contribution in [0.1, 0.15) is 12.5 Å². The van der Waals surface area contributed by atoms with Crippen molar-refractivity contribution in [2.24, 2.45) is 0 Å². The molecule has 0 bridgehead atoms. The number of carbonyl (C=O) groups excluding carboxylic acids is 1. The van der Waals surface area contributed by atoms with Crippen LogP contribution in [-0.4, -0.2) is 57.2 Å². The first-order valence-corrected chi connectivity index (χ1v) is 11.7. The standard InChI is InChI=1S/C21H22Cl2N6O2S/c1-13-4-3-5-16(10-13)29-20(28-6-8-31-9-7-28)26-27-21(29)32-14(2)19(30)25-18-17(23)11-15(22)12-24-18/h3-5,10-12,14H,6-9H2,1-2H3,(H,24,25,30). The summed E-state index contributed by atoms with van der Waals surface area (Å²) < 4.78 is 7.47. The minimum absolute atomic E-state index is 0.251. The predicted octanol–water partition coefficient (Wildman–Crippen LogP) is 4.23. The molecule has 0 saturated carbocycles. The van der Waals surface area contributed by atoms with Crippen molar-refractivity contribution in [3.63, 3.8) is 0 Å². The lowest BCUT2D eigenvalue weighted by atomic mass is 10.2. The number of aryl methyl sites for hydroxylation is 1. The molecule has 1 aromatic carbocycles. The van der Waals surface area contributed by atoms with Gasteiger partial charge in [0.15, 0.2) is 11.0 Å². The fourth-order valence-electron chi connectivity index (χ4n) is 3.24. The second kappa shape index (κ2) is 10.1. The van der Waals surface area contributed by atoms with Crippen molar-refractivity contribution in [2.45, 2.75) is 24.3 Å². The van der Waals surface area contributed by atoms with Gasteiger partial charge in [0, 0.05) is 19.3 Å². The summed E-state index contributed by atoms with van der Waals surface area (Å²) in [6.07, 6.45) is 1.43. The van der Waals surface area contributed by atoms with Crippen molar-refractivity contribution >= 4 is 52.6 Å². The Morgan fingerprint density at radius 1 is 1.22 bits per heavy atom. The lowest BCUT2D eigenvalue weighted by molar-refractivity contribution is -0.115. The Bertz CT molecular complexity index is 1120. The Morgan fingerprint density at radius 2 is 2.00 bits per heavy atom. The van der Waals surface area contributed by atoms with Gasteiger partial charge in [0.25, 0.3) is 0 Å². The zero-order valence-electron chi connectivity index (χ0n) is 17.6. The second-order valence-corrected chi connectivity index (χ2v) is 9.44. The van der Waals surface area contributed by atoms with E-state index in [9.17, 15) is 4.79 Å². The number of rotatable bonds is 6. The maximum Gasteiger partial charge on any atom is 0.238 e. The van der Waals surface area contributed by atoms with Crippen LogP contribution < -0.4 is 10.2 Å². The molecule has 3 heterocycles. The molecule has 11 heteroatoms. The van der Waals surface area contributed by atoms with Crippen molar-refractivity contribution in [2.75, 3.05) is 36.5 Å². The van der Waals surface area contributed by atoms with Gasteiger partial charge >= 0.3 is 0 Å². The molecule has 0 spiro atoms. The SMILES string of the molecule is Cc1cccc(-n2c(SC(C)C(=O)Nc3ncc(Cl)cc3Cl)nnc2N2CCOCC2)c1. The fourth-order valence-corrected chi connectivity index (χ4v) is 4.53. The van der Waals surface area contributed by atoms with Crippen molar-refractivity contribution in [1.29, 1.82) is 0 Å². The zero-order valence-corrected chi connectivity index (χ0v) is 19.9. The van der Waals surface area contributed by atoms with Gasteiger partial charge in [-0.2, -0.15) is 0 Å². The first-order valence-electron chi connectivity index (χ1n) is 10.1. The molecule has 4 rings (SSSR count). The van der Waals surface area contributed by atoms with E-state index in [0.29, 0.717) is 23.4 Å². The Labute approximate surface area is 200 Å². The minimum Gasteiger partial charge on any atom is -0.378 e. The van der Waals surface area contributed by atoms with Crippen molar-refractivity contribution in [3.8, 4) is 5.69 Å². The van der Waals surface area contributed by atoms with Gasteiger partial charge in [0.05, 0.1) is 34.2 Å². The van der Waals surface area contributed by atoms with E-state index >= 15 is 0 Å². The topological polar surface area (TPSA) is 85.2 Å². The number of morpholine rings is 1. The van der Waals surface area contributed by atoms with Gasteiger partial charge in [-0.1, -0.05) is 47.1 Å². The van der Waals surface area contributed by atoms with Crippen molar-refractivity contribution in [1.82, 2.24) is 19.7 Å². The van der Waals surface area contributed by atoms with Crippen LogP contribution in [0.3, 0.4) is 0 Å². The Kier molecular flexibility index (Phi) is 7.20. The first-order chi connectivity index (χ1) is 15.4. The molecule has 1 aliphatic heterocycles. The molecule has 1 fully saturated rings. The van der Waals surface area contributed by atoms with E-state index in [1.165, 1.54) is 24.0 Å². The van der Waals surface area contributed by atoms with E-state index in [-0.39, 0.29) is 16.7 Å². The molecule has 1 aliphatic rings. The lowest BCUT2D eigenvalue weighted by Crippen LogP contribution is -2.38. The van der Waals surface area contributed by atoms with Crippen LogP contribution in [0.25, 0.3) is 5.69 Å². The van der Waals surface area contributed by atoms with Crippen LogP contribution in [-0.2, 0) is 9.53 Å². The number of anilines is 2. The summed E-state index contributed by atoms with van der Waals surface area (Å²) in [5.74, 6) is 0.748. The highest BCUT2D eigenvalue weighted by atomic mass is 35.5. The smallest absolute Gasteiger partial charge is 0.238 e. The van der Waals surface area contributed by atoms with E-state index < -0.39 is 5.25 Å². The fraction of sp³-hybridized carbons (Fsp3) is 0.333. The Morgan fingerprint density at radius 3 is 2.72 bits per heavy atom. The number of hydrogen-bond acceptors (Lipinski definition) is 7. The van der Waals surface area contributed by atoms with Crippen LogP contribution in [0.15, 0.2) is 41.7 Å². The molecule has 1 amide bonds. The number of nitrogens with zero attached hydrogens (tertiary/aromatic N) is 5. The van der Waals surface area contributed by atoms with E-state index in [1.54, 1.807) is 6.92 Å². The summed E-state index contributed by atoms with van der Waals surface area (Å²) in [5.41, 5.74) is 2.06. The molecule has 8 nitrogen and oxygen atoms in total. The van der Waals surface area contributed by atoms with Gasteiger partial charge in [-0.15, -0.1) is 10.2 Å². The molecular formula is C21H22Cl2N6O2S. The average molecular weight is 493 g/mol. The van der Waals surface area contributed by atoms with Crippen LogP contribution in [0.4, 0.5) is 11.8 Å². The summed E-state index contributed by atoms with van der Waals surface area (Å²) in [4.78, 5) is 19.1. The van der Waals surface area contributed by atoms with E-state index in [1.807, 2.05) is 29.7 Å². The number of benzene rings is 1. The molecule has 1 unspecified atom stereocenters. The zero-order chi connectivity index (χ0) is 22.7. The summed E-state index contributed by atoms with van der Waals surface area (Å²) in [6.45, 7) is 6.56. The highest BCUT2D eigenvalue weighted by molar-refractivity contribution is 8.00. The van der Waals surface area contributed by atoms with Crippen LogP contribution in [0, 0.1) is 6.92 Å². The predicted molar refractivity (Wildman–Crippen MR) is 127 cm³/mol. The number of pyridine rings is 1. The third-order valence-corrected chi connectivity index (χ3v) is 6.41. The summed E-state index contributed by atoms with van der Waals surface area (Å²) in [5, 5.41) is 12.4. The molecule has 1 atom stereocenters. The second-order valence-electron chi connectivity index (χ2n) is 7.29. The van der Waals surface area contributed by atoms with Crippen molar-refractivity contribution in [3.05, 3.63) is 52.1 Å². The van der Waals surface area contributed by atoms with Gasteiger partial charge in [0.1, 0.15) is 0 Å². The maximum absolute atomic E-state index is 12.8. The highest BCUT2D eigenvalue weighted by Crippen LogP contribution is 2.31. The number of ether oxygens (including phenoxy) is 1. The minimum atomic E-state index is -0.478. The normalized spacial score (nSPS) is 14.9. The number of hydrogen-bond donors (Lipinski definition) is 1. The number of carbonyl (C=O) groups is 1. The highest BCUT2D eigenvalue weighted by Gasteiger charge is 2.25. The third kappa shape index (κ3) is 5.17. The number of aromatic nitrogens is 4. The molecule has 32 heavy (non-hydrogen) atoms. The van der Waals surface area contributed by atoms with Crippen LogP contribution >= 0.6 is 35.0 Å². The Balaban J connectivity index is 1.59. The largest absolute Gasteiger partial charge is 0.378 e. The third-order valence-electron chi connectivity index (χ3n) is 4.87. The molecule has 2 aromatic heterocycles. The summed E-state index contributed by atoms with van der Waals surface area (Å²) in [7, 11) is 0. The maximum atomic E-state index is 12.8. The van der Waals surface area contributed by atoms with Crippen molar-refractivity contribution < 1.29 is 9.53 Å². The monoisotopic (exact) mass is 492 g/mol. The van der Waals surface area contributed by atoms with Gasteiger partial charge in [-0.25, -0.2) is 4.98 Å². The number of thioether (sulfide) groups is 1. The van der Waals surface area contributed by atoms with E-state index in [4.69, 9.17) is 27.9 Å². The number of nitrogens with one attached hydrogen (secondary N) is 1. The molecule has 1 saturated heterocycles. The van der Waals surface area contributed by atoms with Gasteiger partial charge in [-0.3, -0.25) is 9.36 Å². The van der Waals surface area contributed by atoms with Gasteiger partial charge < -0.3 is 15.0 Å². The summed E-state index contributed by atoms with van der Waals surface area (Å²) in [6, 6.07) is 9.64. The number of halogens is 2. The van der Waals surface area contributed by atoms with E-state index in [2.05, 4.69) is 31.5 Å². The Hall–Kier alpha value is -2.33. The van der Waals surface area contributed by atoms with E-state index in [0.717, 1.165) is 30.3 Å². The van der Waals surface area contributed by atoms with Crippen LogP contribution in [0.5, 0.6) is 0 Å². The molecule has 1 N–H and O–H groups in total. The van der Waals surface area contributed by atoms with Gasteiger partial charge in [-0.05, 0) is 37.6 Å². The molecule has 168 valence electrons. The number of amides is 1. The lowest BCUT2D eigenvalue weighted by Gasteiger charge is -2.28. The molecular weight excluding hydrogens is 471 g/mol.